The lowest BCUT2D eigenvalue weighted by atomic mass is 9.96. The number of para-hydroxylation sites is 1. The van der Waals surface area contributed by atoms with Crippen LogP contribution in [-0.4, -0.2) is 35.2 Å². The normalized spacial score (nSPS) is 18.8. The average Bonchev–Trinajstić information content (AvgIpc) is 3.09. The summed E-state index contributed by atoms with van der Waals surface area (Å²) in [6, 6.07) is 17.8. The number of benzene rings is 2. The fourth-order valence-corrected chi connectivity index (χ4v) is 4.43. The molecule has 1 heterocycles. The molecule has 4 rings (SSSR count). The smallest absolute Gasteiger partial charge is 0.257 e. The molecule has 1 aliphatic heterocycles. The lowest BCUT2D eigenvalue weighted by molar-refractivity contribution is -0.137. The van der Waals surface area contributed by atoms with Gasteiger partial charge in [-0.2, -0.15) is 0 Å². The van der Waals surface area contributed by atoms with E-state index in [-0.39, 0.29) is 30.6 Å². The zero-order valence-corrected chi connectivity index (χ0v) is 17.7. The first-order valence-corrected chi connectivity index (χ1v) is 11.1. The topological polar surface area (TPSA) is 57.7 Å². The van der Waals surface area contributed by atoms with Crippen LogP contribution >= 0.6 is 0 Å². The van der Waals surface area contributed by atoms with Gasteiger partial charge in [0.15, 0.2) is 0 Å². The lowest BCUT2D eigenvalue weighted by Crippen LogP contribution is -2.46. The maximum Gasteiger partial charge on any atom is 0.257 e. The van der Waals surface area contributed by atoms with Crippen molar-refractivity contribution < 1.29 is 14.4 Å². The molecule has 2 aromatic carbocycles. The molecule has 0 saturated carbocycles. The standard InChI is InChI=1S/C26H28N2O3/c29-24(18-21-12-6-2-7-13-21)27(17-16-20-10-4-1-5-11-20)23-19-25(30)28(26(23)31)22-14-8-3-9-15-22/h2-3,6-10,12-15,23H,1,4-5,11,16-19H2. The number of hydrogen-bond donors (Lipinski definition) is 0. The van der Waals surface area contributed by atoms with Gasteiger partial charge in [-0.25, -0.2) is 4.90 Å². The summed E-state index contributed by atoms with van der Waals surface area (Å²) in [7, 11) is 0. The molecule has 31 heavy (non-hydrogen) atoms. The number of nitrogens with zero attached hydrogens (tertiary/aromatic N) is 2. The molecule has 0 radical (unpaired) electrons. The second-order valence-corrected chi connectivity index (χ2v) is 8.23. The summed E-state index contributed by atoms with van der Waals surface area (Å²) < 4.78 is 0. The number of carbonyl (C=O) groups excluding carboxylic acids is 3. The minimum Gasteiger partial charge on any atom is -0.329 e. The molecule has 1 aliphatic carbocycles. The van der Waals surface area contributed by atoms with Crippen LogP contribution in [-0.2, 0) is 20.8 Å². The predicted octanol–water partition coefficient (Wildman–Crippen LogP) is 4.28. The van der Waals surface area contributed by atoms with Crippen molar-refractivity contribution in [1.29, 1.82) is 0 Å². The Morgan fingerprint density at radius 1 is 0.968 bits per heavy atom. The maximum atomic E-state index is 13.3. The van der Waals surface area contributed by atoms with Gasteiger partial charge in [0.25, 0.3) is 5.91 Å². The summed E-state index contributed by atoms with van der Waals surface area (Å²) in [5.41, 5.74) is 2.82. The number of carbonyl (C=O) groups is 3. The van der Waals surface area contributed by atoms with Crippen LogP contribution < -0.4 is 4.90 Å². The second kappa shape index (κ2) is 9.73. The van der Waals surface area contributed by atoms with E-state index in [1.54, 1.807) is 29.2 Å². The monoisotopic (exact) mass is 416 g/mol. The molecule has 5 heteroatoms. The first kappa shape index (κ1) is 21.0. The van der Waals surface area contributed by atoms with Crippen molar-refractivity contribution in [3.8, 4) is 0 Å². The fourth-order valence-electron chi connectivity index (χ4n) is 4.43. The highest BCUT2D eigenvalue weighted by Gasteiger charge is 2.44. The predicted molar refractivity (Wildman–Crippen MR) is 120 cm³/mol. The highest BCUT2D eigenvalue weighted by atomic mass is 16.2. The molecular weight excluding hydrogens is 388 g/mol. The molecule has 160 valence electrons. The van der Waals surface area contributed by atoms with Gasteiger partial charge in [0, 0.05) is 6.54 Å². The zero-order chi connectivity index (χ0) is 21.6. The van der Waals surface area contributed by atoms with Crippen LogP contribution in [0, 0.1) is 0 Å². The summed E-state index contributed by atoms with van der Waals surface area (Å²) in [6.45, 7) is 0.462. The molecule has 2 aliphatic rings. The van der Waals surface area contributed by atoms with Crippen molar-refractivity contribution in [3.05, 3.63) is 77.9 Å². The van der Waals surface area contributed by atoms with Crippen molar-refractivity contribution in [2.24, 2.45) is 0 Å². The highest BCUT2D eigenvalue weighted by Crippen LogP contribution is 2.27. The molecule has 1 saturated heterocycles. The molecule has 0 bridgehead atoms. The van der Waals surface area contributed by atoms with Crippen LogP contribution in [0.3, 0.4) is 0 Å². The zero-order valence-electron chi connectivity index (χ0n) is 17.7. The Labute approximate surface area is 183 Å². The third-order valence-electron chi connectivity index (χ3n) is 6.09. The minimum atomic E-state index is -0.742. The molecule has 1 fully saturated rings. The number of allylic oxidation sites excluding steroid dienone is 1. The Morgan fingerprint density at radius 2 is 1.68 bits per heavy atom. The molecule has 0 N–H and O–H groups in total. The van der Waals surface area contributed by atoms with E-state index in [2.05, 4.69) is 6.08 Å². The van der Waals surface area contributed by atoms with Crippen LogP contribution in [0.4, 0.5) is 5.69 Å². The molecular formula is C26H28N2O3. The molecule has 0 aromatic heterocycles. The van der Waals surface area contributed by atoms with Gasteiger partial charge in [-0.1, -0.05) is 60.2 Å². The van der Waals surface area contributed by atoms with E-state index in [9.17, 15) is 14.4 Å². The van der Waals surface area contributed by atoms with Gasteiger partial charge in [0.05, 0.1) is 18.5 Å². The number of rotatable bonds is 7. The SMILES string of the molecule is O=C1CC(N(CCC2=CCCCC2)C(=O)Cc2ccccc2)C(=O)N1c1ccccc1. The molecule has 5 nitrogen and oxygen atoms in total. The quantitative estimate of drug-likeness (QED) is 0.500. The summed E-state index contributed by atoms with van der Waals surface area (Å²) in [5, 5.41) is 0. The summed E-state index contributed by atoms with van der Waals surface area (Å²) in [6.07, 6.45) is 7.79. The molecule has 0 spiro atoms. The second-order valence-electron chi connectivity index (χ2n) is 8.23. The van der Waals surface area contributed by atoms with Gasteiger partial charge in [0.2, 0.25) is 11.8 Å². The highest BCUT2D eigenvalue weighted by molar-refractivity contribution is 6.23. The first-order valence-electron chi connectivity index (χ1n) is 11.1. The molecule has 1 unspecified atom stereocenters. The number of hydrogen-bond acceptors (Lipinski definition) is 3. The van der Waals surface area contributed by atoms with Crippen LogP contribution in [0.5, 0.6) is 0 Å². The van der Waals surface area contributed by atoms with Gasteiger partial charge < -0.3 is 4.90 Å². The van der Waals surface area contributed by atoms with E-state index < -0.39 is 6.04 Å². The van der Waals surface area contributed by atoms with E-state index in [4.69, 9.17) is 0 Å². The van der Waals surface area contributed by atoms with E-state index in [0.29, 0.717) is 12.2 Å². The maximum absolute atomic E-state index is 13.3. The molecule has 3 amide bonds. The molecule has 1 atom stereocenters. The van der Waals surface area contributed by atoms with Gasteiger partial charge in [-0.3, -0.25) is 14.4 Å². The first-order chi connectivity index (χ1) is 15.1. The van der Waals surface area contributed by atoms with Crippen LogP contribution in [0.1, 0.15) is 44.1 Å². The van der Waals surface area contributed by atoms with Gasteiger partial charge >= 0.3 is 0 Å². The van der Waals surface area contributed by atoms with Crippen molar-refractivity contribution in [2.75, 3.05) is 11.4 Å². The van der Waals surface area contributed by atoms with Crippen LogP contribution in [0.25, 0.3) is 0 Å². The Kier molecular flexibility index (Phi) is 6.60. The summed E-state index contributed by atoms with van der Waals surface area (Å²) >= 11 is 0. The largest absolute Gasteiger partial charge is 0.329 e. The fraction of sp³-hybridized carbons (Fsp3) is 0.346. The third-order valence-corrected chi connectivity index (χ3v) is 6.09. The van der Waals surface area contributed by atoms with E-state index >= 15 is 0 Å². The van der Waals surface area contributed by atoms with Crippen molar-refractivity contribution in [2.45, 2.75) is 51.0 Å². The Morgan fingerprint density at radius 3 is 2.35 bits per heavy atom. The Hall–Kier alpha value is -3.21. The molecule has 2 aromatic rings. The van der Waals surface area contributed by atoms with E-state index in [0.717, 1.165) is 24.8 Å². The number of anilines is 1. The minimum absolute atomic E-state index is 0.0350. The van der Waals surface area contributed by atoms with E-state index in [1.807, 2.05) is 36.4 Å². The number of amides is 3. The Bertz CT molecular complexity index is 969. The number of imide groups is 1. The van der Waals surface area contributed by atoms with Gasteiger partial charge in [-0.05, 0) is 49.8 Å². The van der Waals surface area contributed by atoms with Gasteiger partial charge in [0.1, 0.15) is 6.04 Å². The van der Waals surface area contributed by atoms with Crippen molar-refractivity contribution >= 4 is 23.4 Å². The van der Waals surface area contributed by atoms with Gasteiger partial charge in [-0.15, -0.1) is 0 Å². The van der Waals surface area contributed by atoms with Crippen molar-refractivity contribution in [3.63, 3.8) is 0 Å². The van der Waals surface area contributed by atoms with Crippen LogP contribution in [0.2, 0.25) is 0 Å². The Balaban J connectivity index is 1.55. The van der Waals surface area contributed by atoms with E-state index in [1.165, 1.54) is 23.3 Å². The average molecular weight is 417 g/mol. The lowest BCUT2D eigenvalue weighted by Gasteiger charge is -2.28. The van der Waals surface area contributed by atoms with Crippen LogP contribution in [0.15, 0.2) is 72.3 Å². The van der Waals surface area contributed by atoms with Crippen molar-refractivity contribution in [1.82, 2.24) is 4.90 Å². The third kappa shape index (κ3) is 4.93. The summed E-state index contributed by atoms with van der Waals surface area (Å²) in [5.74, 6) is -0.672. The summed E-state index contributed by atoms with van der Waals surface area (Å²) in [4.78, 5) is 42.2.